The van der Waals surface area contributed by atoms with Gasteiger partial charge in [0.2, 0.25) is 5.91 Å². The second kappa shape index (κ2) is 9.77. The van der Waals surface area contributed by atoms with Gasteiger partial charge < -0.3 is 16.0 Å². The molecule has 0 heterocycles. The van der Waals surface area contributed by atoms with E-state index in [1.165, 1.54) is 44.1 Å². The minimum atomic E-state index is 0.143. The summed E-state index contributed by atoms with van der Waals surface area (Å²) in [6, 6.07) is 11.1. The molecule has 0 spiro atoms. The van der Waals surface area contributed by atoms with Gasteiger partial charge in [0.1, 0.15) is 0 Å². The molecule has 0 unspecified atom stereocenters. The first-order valence-electron chi connectivity index (χ1n) is 10.5. The molecule has 1 aromatic rings. The average Bonchev–Trinajstić information content (AvgIpc) is 2.67. The predicted octanol–water partition coefficient (Wildman–Crippen LogP) is 3.11. The van der Waals surface area contributed by atoms with E-state index in [4.69, 9.17) is 0 Å². The molecule has 0 radical (unpaired) electrons. The van der Waals surface area contributed by atoms with Crippen LogP contribution in [0.5, 0.6) is 0 Å². The van der Waals surface area contributed by atoms with Gasteiger partial charge in [0.05, 0.1) is 0 Å². The van der Waals surface area contributed by atoms with E-state index in [1.807, 2.05) is 0 Å². The quantitative estimate of drug-likeness (QED) is 0.510. The van der Waals surface area contributed by atoms with Crippen molar-refractivity contribution in [3.8, 4) is 0 Å². The van der Waals surface area contributed by atoms with Gasteiger partial charge in [-0.2, -0.15) is 0 Å². The van der Waals surface area contributed by atoms with Crippen LogP contribution < -0.4 is 16.0 Å². The minimum Gasteiger partial charge on any atom is -0.356 e. The van der Waals surface area contributed by atoms with Crippen LogP contribution in [0.2, 0.25) is 0 Å². The van der Waals surface area contributed by atoms with Gasteiger partial charge in [-0.05, 0) is 31.2 Å². The molecule has 148 valence electrons. The number of carbonyl (C=O) groups excluding carboxylic acids is 1. The number of aliphatic imine (C=N–C) groups is 1. The Morgan fingerprint density at radius 2 is 1.81 bits per heavy atom. The number of amides is 1. The number of carbonyl (C=O) groups is 1. The fourth-order valence-corrected chi connectivity index (χ4v) is 4.28. The van der Waals surface area contributed by atoms with E-state index < -0.39 is 0 Å². The molecular formula is C22H34N4O. The number of guanidine groups is 1. The number of nitrogens with zero attached hydrogens (tertiary/aromatic N) is 1. The monoisotopic (exact) mass is 370 g/mol. The van der Waals surface area contributed by atoms with E-state index in [9.17, 15) is 4.79 Å². The summed E-state index contributed by atoms with van der Waals surface area (Å²) in [5, 5.41) is 9.93. The Bertz CT molecular complexity index is 618. The molecule has 0 aromatic heterocycles. The molecule has 2 aliphatic carbocycles. The maximum absolute atomic E-state index is 12.1. The Morgan fingerprint density at radius 1 is 1.07 bits per heavy atom. The van der Waals surface area contributed by atoms with Crippen LogP contribution in [0.3, 0.4) is 0 Å². The molecule has 5 heteroatoms. The second-order valence-electron chi connectivity index (χ2n) is 8.00. The Kier molecular flexibility index (Phi) is 7.13. The third kappa shape index (κ3) is 5.47. The van der Waals surface area contributed by atoms with Crippen LogP contribution in [0.15, 0.2) is 35.3 Å². The standard InChI is InChI=1S/C22H34N4O/c1-23-21(24-16-13-20(27)26-19-11-6-3-7-12-19)25-17-22(14-8-15-22)18-9-4-2-5-10-18/h2,4-5,9-10,19H,3,6-8,11-17H2,1H3,(H,26,27)(H2,23,24,25). The van der Waals surface area contributed by atoms with Gasteiger partial charge in [0.25, 0.3) is 0 Å². The summed E-state index contributed by atoms with van der Waals surface area (Å²) in [5.74, 6) is 0.923. The zero-order valence-corrected chi connectivity index (χ0v) is 16.6. The highest BCUT2D eigenvalue weighted by Crippen LogP contribution is 2.43. The number of nitrogens with one attached hydrogen (secondary N) is 3. The van der Waals surface area contributed by atoms with E-state index in [-0.39, 0.29) is 11.3 Å². The molecule has 1 amide bonds. The zero-order chi connectivity index (χ0) is 19.0. The van der Waals surface area contributed by atoms with Gasteiger partial charge in [-0.15, -0.1) is 0 Å². The molecule has 0 bridgehead atoms. The van der Waals surface area contributed by atoms with Crippen LogP contribution in [0.25, 0.3) is 0 Å². The number of hydrogen-bond acceptors (Lipinski definition) is 2. The first-order valence-corrected chi connectivity index (χ1v) is 10.5. The summed E-state index contributed by atoms with van der Waals surface area (Å²) < 4.78 is 0. The van der Waals surface area contributed by atoms with Crippen LogP contribution >= 0.6 is 0 Å². The number of hydrogen-bond donors (Lipinski definition) is 3. The van der Waals surface area contributed by atoms with Crippen molar-refractivity contribution < 1.29 is 4.79 Å². The summed E-state index contributed by atoms with van der Waals surface area (Å²) in [6.45, 7) is 1.49. The lowest BCUT2D eigenvalue weighted by Crippen LogP contribution is -2.49. The highest BCUT2D eigenvalue weighted by Gasteiger charge is 2.38. The fraction of sp³-hybridized carbons (Fsp3) is 0.636. The minimum absolute atomic E-state index is 0.143. The van der Waals surface area contributed by atoms with Gasteiger partial charge >= 0.3 is 0 Å². The molecule has 2 fully saturated rings. The summed E-state index contributed by atoms with van der Waals surface area (Å²) in [7, 11) is 1.79. The maximum Gasteiger partial charge on any atom is 0.221 e. The Labute approximate surface area is 163 Å². The van der Waals surface area contributed by atoms with Crippen molar-refractivity contribution >= 4 is 11.9 Å². The van der Waals surface area contributed by atoms with Gasteiger partial charge in [0.15, 0.2) is 5.96 Å². The lowest BCUT2D eigenvalue weighted by Gasteiger charge is -2.43. The molecule has 5 nitrogen and oxygen atoms in total. The summed E-state index contributed by atoms with van der Waals surface area (Å²) in [4.78, 5) is 16.4. The van der Waals surface area contributed by atoms with Gasteiger partial charge in [-0.25, -0.2) is 0 Å². The lowest BCUT2D eigenvalue weighted by atomic mass is 9.64. The zero-order valence-electron chi connectivity index (χ0n) is 16.6. The molecule has 2 saturated carbocycles. The molecular weight excluding hydrogens is 336 g/mol. The highest BCUT2D eigenvalue weighted by molar-refractivity contribution is 5.81. The molecule has 1 aromatic carbocycles. The summed E-state index contributed by atoms with van der Waals surface area (Å²) >= 11 is 0. The molecule has 3 rings (SSSR count). The van der Waals surface area contributed by atoms with Crippen molar-refractivity contribution in [1.29, 1.82) is 0 Å². The normalized spacial score (nSPS) is 19.8. The molecule has 0 saturated heterocycles. The van der Waals surface area contributed by atoms with Crippen LogP contribution in [0.1, 0.15) is 63.4 Å². The van der Waals surface area contributed by atoms with E-state index in [0.29, 0.717) is 19.0 Å². The van der Waals surface area contributed by atoms with Crippen LogP contribution in [-0.4, -0.2) is 38.0 Å². The van der Waals surface area contributed by atoms with Crippen LogP contribution in [0, 0.1) is 0 Å². The van der Waals surface area contributed by atoms with Crippen LogP contribution in [-0.2, 0) is 10.2 Å². The van der Waals surface area contributed by atoms with Crippen molar-refractivity contribution in [2.24, 2.45) is 4.99 Å². The molecule has 2 aliphatic rings. The summed E-state index contributed by atoms with van der Waals surface area (Å²) in [5.41, 5.74) is 1.63. The Balaban J connectivity index is 1.40. The SMILES string of the molecule is CN=C(NCCC(=O)NC1CCCCC1)NCC1(c2ccccc2)CCC1. The smallest absolute Gasteiger partial charge is 0.221 e. The molecule has 27 heavy (non-hydrogen) atoms. The van der Waals surface area contributed by atoms with Crippen LogP contribution in [0.4, 0.5) is 0 Å². The summed E-state index contributed by atoms with van der Waals surface area (Å²) in [6.07, 6.45) is 10.2. The topological polar surface area (TPSA) is 65.5 Å². The molecule has 0 aliphatic heterocycles. The van der Waals surface area contributed by atoms with E-state index in [0.717, 1.165) is 25.3 Å². The fourth-order valence-electron chi connectivity index (χ4n) is 4.28. The van der Waals surface area contributed by atoms with Crippen molar-refractivity contribution in [2.45, 2.75) is 69.2 Å². The first-order chi connectivity index (χ1) is 13.2. The largest absolute Gasteiger partial charge is 0.356 e. The second-order valence-corrected chi connectivity index (χ2v) is 8.00. The van der Waals surface area contributed by atoms with Crippen molar-refractivity contribution in [3.05, 3.63) is 35.9 Å². The van der Waals surface area contributed by atoms with Crippen molar-refractivity contribution in [3.63, 3.8) is 0 Å². The highest BCUT2D eigenvalue weighted by atomic mass is 16.1. The van der Waals surface area contributed by atoms with Gasteiger partial charge in [-0.1, -0.05) is 56.0 Å². The maximum atomic E-state index is 12.1. The first kappa shape index (κ1) is 19.7. The molecule has 0 atom stereocenters. The van der Waals surface area contributed by atoms with Crippen molar-refractivity contribution in [2.75, 3.05) is 20.1 Å². The average molecular weight is 371 g/mol. The van der Waals surface area contributed by atoms with Gasteiger partial charge in [-0.3, -0.25) is 9.79 Å². The Morgan fingerprint density at radius 3 is 2.44 bits per heavy atom. The Hall–Kier alpha value is -2.04. The molecule has 3 N–H and O–H groups in total. The predicted molar refractivity (Wildman–Crippen MR) is 111 cm³/mol. The number of rotatable bonds is 7. The third-order valence-electron chi connectivity index (χ3n) is 6.13. The van der Waals surface area contributed by atoms with Gasteiger partial charge in [0, 0.05) is 38.0 Å². The third-order valence-corrected chi connectivity index (χ3v) is 6.13. The van der Waals surface area contributed by atoms with E-state index >= 15 is 0 Å². The lowest BCUT2D eigenvalue weighted by molar-refractivity contribution is -0.121. The number of benzene rings is 1. The van der Waals surface area contributed by atoms with E-state index in [1.54, 1.807) is 7.05 Å². The van der Waals surface area contributed by atoms with E-state index in [2.05, 4.69) is 51.3 Å². The van der Waals surface area contributed by atoms with Crippen molar-refractivity contribution in [1.82, 2.24) is 16.0 Å².